The Balaban J connectivity index is 2.08. The minimum atomic E-state index is -4.07. The van der Waals surface area contributed by atoms with Gasteiger partial charge in [0.05, 0.1) is 0 Å². The highest BCUT2D eigenvalue weighted by Gasteiger charge is 2.08. The summed E-state index contributed by atoms with van der Waals surface area (Å²) in [5, 5.41) is 7.46. The number of halogens is 1. The molecule has 2 rings (SSSR count). The molecular formula is C13H11BrN2O4S. The van der Waals surface area contributed by atoms with Gasteiger partial charge in [0, 0.05) is 15.7 Å². The Morgan fingerprint density at radius 2 is 1.62 bits per heavy atom. The molecule has 2 aromatic carbocycles. The lowest BCUT2D eigenvalue weighted by atomic mass is 10.2. The third kappa shape index (κ3) is 4.85. The summed E-state index contributed by atoms with van der Waals surface area (Å²) in [5.41, 5.74) is 1.01. The van der Waals surface area contributed by atoms with Gasteiger partial charge in [-0.05, 0) is 48.5 Å². The summed E-state index contributed by atoms with van der Waals surface area (Å²) in [6, 6.07) is 12.7. The van der Waals surface area contributed by atoms with E-state index in [0.29, 0.717) is 11.3 Å². The molecule has 0 aromatic heterocycles. The second-order valence-electron chi connectivity index (χ2n) is 4.06. The van der Waals surface area contributed by atoms with E-state index in [1.165, 1.54) is 24.3 Å². The Kier molecular flexibility index (Phi) is 4.61. The Morgan fingerprint density at radius 1 is 1.05 bits per heavy atom. The Hall–Kier alpha value is -1.90. The molecule has 0 spiro atoms. The van der Waals surface area contributed by atoms with E-state index in [2.05, 4.69) is 25.4 Å². The van der Waals surface area contributed by atoms with Crippen LogP contribution in [0.5, 0.6) is 5.75 Å². The number of hydrogen-bond donors (Lipinski definition) is 2. The van der Waals surface area contributed by atoms with Crippen LogP contribution >= 0.6 is 15.9 Å². The van der Waals surface area contributed by atoms with E-state index < -0.39 is 10.3 Å². The molecule has 0 aliphatic carbocycles. The van der Waals surface area contributed by atoms with Gasteiger partial charge in [0.15, 0.2) is 0 Å². The fourth-order valence-electron chi connectivity index (χ4n) is 1.53. The minimum Gasteiger partial charge on any atom is -0.371 e. The van der Waals surface area contributed by atoms with Crippen molar-refractivity contribution in [1.29, 1.82) is 0 Å². The molecule has 2 aromatic rings. The highest BCUT2D eigenvalue weighted by atomic mass is 79.9. The monoisotopic (exact) mass is 370 g/mol. The first-order valence-corrected chi connectivity index (χ1v) is 7.99. The van der Waals surface area contributed by atoms with Crippen molar-refractivity contribution >= 4 is 37.8 Å². The third-order valence-corrected chi connectivity index (χ3v) is 3.38. The van der Waals surface area contributed by atoms with Crippen molar-refractivity contribution in [2.24, 2.45) is 5.14 Å². The van der Waals surface area contributed by atoms with E-state index in [1.807, 2.05) is 0 Å². The molecule has 0 bridgehead atoms. The van der Waals surface area contributed by atoms with Gasteiger partial charge >= 0.3 is 10.3 Å². The largest absolute Gasteiger partial charge is 0.380 e. The van der Waals surface area contributed by atoms with Crippen LogP contribution in [0.1, 0.15) is 10.4 Å². The van der Waals surface area contributed by atoms with Crippen molar-refractivity contribution in [3.05, 3.63) is 58.6 Å². The number of anilines is 1. The van der Waals surface area contributed by atoms with E-state index in [4.69, 9.17) is 5.14 Å². The number of amides is 1. The second-order valence-corrected chi connectivity index (χ2v) is 6.13. The molecule has 6 nitrogen and oxygen atoms in total. The smallest absolute Gasteiger partial charge is 0.371 e. The first kappa shape index (κ1) is 15.5. The SMILES string of the molecule is NS(=O)(=O)Oc1ccc(C(=O)Nc2ccc(Br)cc2)cc1. The molecule has 0 fully saturated rings. The van der Waals surface area contributed by atoms with E-state index in [1.54, 1.807) is 24.3 Å². The summed E-state index contributed by atoms with van der Waals surface area (Å²) in [7, 11) is -4.07. The van der Waals surface area contributed by atoms with Gasteiger partial charge in [0.25, 0.3) is 5.91 Å². The zero-order valence-corrected chi connectivity index (χ0v) is 13.0. The predicted molar refractivity (Wildman–Crippen MR) is 82.3 cm³/mol. The van der Waals surface area contributed by atoms with E-state index in [9.17, 15) is 13.2 Å². The molecule has 0 atom stereocenters. The highest BCUT2D eigenvalue weighted by Crippen LogP contribution is 2.17. The number of rotatable bonds is 4. The first-order valence-electron chi connectivity index (χ1n) is 5.73. The van der Waals surface area contributed by atoms with Gasteiger partial charge in [-0.15, -0.1) is 0 Å². The zero-order chi connectivity index (χ0) is 15.5. The lowest BCUT2D eigenvalue weighted by molar-refractivity contribution is 0.102. The van der Waals surface area contributed by atoms with E-state index in [0.717, 1.165) is 4.47 Å². The number of carbonyl (C=O) groups excluding carboxylic acids is 1. The normalized spacial score (nSPS) is 11.0. The van der Waals surface area contributed by atoms with Gasteiger partial charge in [-0.1, -0.05) is 15.9 Å². The summed E-state index contributed by atoms with van der Waals surface area (Å²) in [6.07, 6.45) is 0. The molecule has 0 heterocycles. The summed E-state index contributed by atoms with van der Waals surface area (Å²) >= 11 is 3.30. The van der Waals surface area contributed by atoms with Crippen molar-refractivity contribution in [2.75, 3.05) is 5.32 Å². The third-order valence-electron chi connectivity index (χ3n) is 2.43. The number of nitrogens with two attached hydrogens (primary N) is 1. The molecule has 8 heteroatoms. The number of hydrogen-bond acceptors (Lipinski definition) is 4. The van der Waals surface area contributed by atoms with Crippen LogP contribution in [0.2, 0.25) is 0 Å². The Bertz CT molecular complexity index is 743. The van der Waals surface area contributed by atoms with Crippen LogP contribution in [0.3, 0.4) is 0 Å². The second kappa shape index (κ2) is 6.25. The van der Waals surface area contributed by atoms with Gasteiger partial charge in [0.1, 0.15) is 5.75 Å². The lowest BCUT2D eigenvalue weighted by Gasteiger charge is -2.06. The minimum absolute atomic E-state index is 0.0395. The summed E-state index contributed by atoms with van der Waals surface area (Å²) in [5.74, 6) is -0.280. The van der Waals surface area contributed by atoms with Crippen LogP contribution in [0.4, 0.5) is 5.69 Å². The molecule has 0 radical (unpaired) electrons. The van der Waals surface area contributed by atoms with Crippen molar-refractivity contribution in [3.8, 4) is 5.75 Å². The molecule has 0 aliphatic heterocycles. The average Bonchev–Trinajstić information content (AvgIpc) is 2.40. The summed E-state index contributed by atoms with van der Waals surface area (Å²) < 4.78 is 26.9. The van der Waals surface area contributed by atoms with Crippen LogP contribution in [-0.2, 0) is 10.3 Å². The van der Waals surface area contributed by atoms with Crippen LogP contribution in [0, 0.1) is 0 Å². The first-order chi connectivity index (χ1) is 9.83. The van der Waals surface area contributed by atoms with Crippen LogP contribution < -0.4 is 14.6 Å². The molecule has 0 saturated carbocycles. The average molecular weight is 371 g/mol. The fourth-order valence-corrected chi connectivity index (χ4v) is 2.18. The van der Waals surface area contributed by atoms with Crippen molar-refractivity contribution in [1.82, 2.24) is 0 Å². The number of nitrogens with one attached hydrogen (secondary N) is 1. The summed E-state index contributed by atoms with van der Waals surface area (Å²) in [6.45, 7) is 0. The van der Waals surface area contributed by atoms with E-state index in [-0.39, 0.29) is 11.7 Å². The number of carbonyl (C=O) groups is 1. The molecule has 1 amide bonds. The van der Waals surface area contributed by atoms with Gasteiger partial charge in [0.2, 0.25) is 0 Å². The highest BCUT2D eigenvalue weighted by molar-refractivity contribution is 9.10. The topological polar surface area (TPSA) is 98.5 Å². The van der Waals surface area contributed by atoms with Crippen molar-refractivity contribution in [2.45, 2.75) is 0 Å². The van der Waals surface area contributed by atoms with Gasteiger partial charge < -0.3 is 9.50 Å². The molecule has 0 saturated heterocycles. The van der Waals surface area contributed by atoms with Gasteiger partial charge in [-0.3, -0.25) is 4.79 Å². The predicted octanol–water partition coefficient (Wildman–Crippen LogP) is 2.28. The molecule has 110 valence electrons. The number of benzene rings is 2. The van der Waals surface area contributed by atoms with Crippen LogP contribution in [-0.4, -0.2) is 14.3 Å². The quantitative estimate of drug-likeness (QED) is 0.862. The maximum absolute atomic E-state index is 12.0. The Labute approximate surface area is 130 Å². The lowest BCUT2D eigenvalue weighted by Crippen LogP contribution is -2.19. The molecule has 3 N–H and O–H groups in total. The standard InChI is InChI=1S/C13H11BrN2O4S/c14-10-3-5-11(6-4-10)16-13(17)9-1-7-12(8-2-9)20-21(15,18)19/h1-8H,(H,16,17)(H2,15,18,19). The molecule has 0 unspecified atom stereocenters. The fraction of sp³-hybridized carbons (Fsp3) is 0. The van der Waals surface area contributed by atoms with Crippen LogP contribution in [0.15, 0.2) is 53.0 Å². The van der Waals surface area contributed by atoms with Gasteiger partial charge in [-0.25, -0.2) is 0 Å². The molecule has 21 heavy (non-hydrogen) atoms. The molecular weight excluding hydrogens is 360 g/mol. The maximum Gasteiger partial charge on any atom is 0.380 e. The Morgan fingerprint density at radius 3 is 2.14 bits per heavy atom. The van der Waals surface area contributed by atoms with Crippen LogP contribution in [0.25, 0.3) is 0 Å². The molecule has 0 aliphatic rings. The summed E-state index contributed by atoms with van der Waals surface area (Å²) in [4.78, 5) is 12.0. The zero-order valence-electron chi connectivity index (χ0n) is 10.6. The van der Waals surface area contributed by atoms with Crippen molar-refractivity contribution < 1.29 is 17.4 Å². The van der Waals surface area contributed by atoms with E-state index >= 15 is 0 Å². The van der Waals surface area contributed by atoms with Gasteiger partial charge in [-0.2, -0.15) is 13.6 Å². The maximum atomic E-state index is 12.0. The van der Waals surface area contributed by atoms with Crippen molar-refractivity contribution in [3.63, 3.8) is 0 Å².